The third-order valence-electron chi connectivity index (χ3n) is 2.94. The molecular weight excluding hydrogens is 288 g/mol. The minimum atomic E-state index is -0.222. The fourth-order valence-electron chi connectivity index (χ4n) is 1.82. The number of carbonyl (C=O) groups is 1. The molecule has 2 rings (SSSR count). The lowest BCUT2D eigenvalue weighted by atomic mass is 9.75. The van der Waals surface area contributed by atoms with Crippen molar-refractivity contribution in [3.05, 3.63) is 20.8 Å². The number of nitrogens with two attached hydrogens (primary N) is 1. The Labute approximate surface area is 108 Å². The fourth-order valence-corrected chi connectivity index (χ4v) is 3.21. The van der Waals surface area contributed by atoms with Crippen LogP contribution in [0.5, 0.6) is 0 Å². The number of hydrogen-bond donors (Lipinski definition) is 2. The lowest BCUT2D eigenvalue weighted by molar-refractivity contribution is -0.123. The Kier molecular flexibility index (Phi) is 3.66. The summed E-state index contributed by atoms with van der Waals surface area (Å²) in [6, 6.07) is 2.02. The second-order valence-corrected chi connectivity index (χ2v) is 6.31. The van der Waals surface area contributed by atoms with E-state index in [2.05, 4.69) is 21.2 Å². The van der Waals surface area contributed by atoms with Gasteiger partial charge in [0.1, 0.15) is 0 Å². The first-order valence-electron chi connectivity index (χ1n) is 5.36. The molecule has 3 nitrogen and oxygen atoms in total. The summed E-state index contributed by atoms with van der Waals surface area (Å²) in [5, 5.41) is 4.92. The van der Waals surface area contributed by atoms with E-state index in [1.54, 1.807) is 11.3 Å². The maximum atomic E-state index is 11.6. The van der Waals surface area contributed by atoms with Gasteiger partial charge in [0.05, 0.1) is 6.54 Å². The van der Waals surface area contributed by atoms with Crippen molar-refractivity contribution < 1.29 is 4.79 Å². The van der Waals surface area contributed by atoms with Gasteiger partial charge >= 0.3 is 0 Å². The van der Waals surface area contributed by atoms with Crippen LogP contribution < -0.4 is 11.1 Å². The van der Waals surface area contributed by atoms with Crippen molar-refractivity contribution in [1.82, 2.24) is 5.32 Å². The summed E-state index contributed by atoms with van der Waals surface area (Å²) in [6.07, 6.45) is 3.57. The average Bonchev–Trinajstić information content (AvgIpc) is 2.59. The van der Waals surface area contributed by atoms with Crippen LogP contribution in [0.1, 0.15) is 30.6 Å². The Morgan fingerprint density at radius 2 is 2.38 bits per heavy atom. The molecule has 1 amide bonds. The highest BCUT2D eigenvalue weighted by atomic mass is 79.9. The van der Waals surface area contributed by atoms with Crippen LogP contribution in [0.15, 0.2) is 15.9 Å². The van der Waals surface area contributed by atoms with Crippen LogP contribution in [0.25, 0.3) is 0 Å². The number of nitrogens with one attached hydrogen (secondary N) is 1. The van der Waals surface area contributed by atoms with Crippen LogP contribution in [-0.2, 0) is 11.3 Å². The summed E-state index contributed by atoms with van der Waals surface area (Å²) < 4.78 is 1.07. The molecule has 88 valence electrons. The first-order valence-corrected chi connectivity index (χ1v) is 7.03. The molecule has 0 saturated heterocycles. The first kappa shape index (κ1) is 12.1. The highest BCUT2D eigenvalue weighted by Crippen LogP contribution is 2.31. The second-order valence-electron chi connectivity index (χ2n) is 4.40. The number of carbonyl (C=O) groups excluding carboxylic acids is 1. The van der Waals surface area contributed by atoms with E-state index < -0.39 is 0 Å². The molecule has 1 saturated carbocycles. The molecule has 1 aliphatic carbocycles. The molecule has 0 aliphatic heterocycles. The lowest BCUT2D eigenvalue weighted by Crippen LogP contribution is -2.49. The minimum absolute atomic E-state index is 0.0618. The molecule has 0 bridgehead atoms. The van der Waals surface area contributed by atoms with Crippen LogP contribution in [0.3, 0.4) is 0 Å². The van der Waals surface area contributed by atoms with E-state index in [4.69, 9.17) is 5.73 Å². The highest BCUT2D eigenvalue weighted by Gasteiger charge is 2.34. The quantitative estimate of drug-likeness (QED) is 0.897. The summed E-state index contributed by atoms with van der Waals surface area (Å²) in [7, 11) is 0. The van der Waals surface area contributed by atoms with Gasteiger partial charge in [-0.15, -0.1) is 11.3 Å². The Morgan fingerprint density at radius 1 is 1.62 bits per heavy atom. The first-order chi connectivity index (χ1) is 7.57. The van der Waals surface area contributed by atoms with Gasteiger partial charge in [-0.2, -0.15) is 0 Å². The third-order valence-corrected chi connectivity index (χ3v) is 4.64. The topological polar surface area (TPSA) is 55.1 Å². The maximum absolute atomic E-state index is 11.6. The molecule has 1 fully saturated rings. The normalized spacial score (nSPS) is 17.9. The molecule has 5 heteroatoms. The molecule has 0 radical (unpaired) electrons. The Bertz CT molecular complexity index is 387. The molecule has 1 aromatic rings. The molecule has 0 unspecified atom stereocenters. The molecular formula is C11H15BrN2OS. The van der Waals surface area contributed by atoms with Gasteiger partial charge in [0.2, 0.25) is 5.91 Å². The van der Waals surface area contributed by atoms with Gasteiger partial charge < -0.3 is 11.1 Å². The van der Waals surface area contributed by atoms with Crippen molar-refractivity contribution in [3.63, 3.8) is 0 Å². The van der Waals surface area contributed by atoms with Crippen molar-refractivity contribution in [2.24, 2.45) is 5.73 Å². The molecule has 3 N–H and O–H groups in total. The zero-order valence-corrected chi connectivity index (χ0v) is 11.4. The van der Waals surface area contributed by atoms with Gasteiger partial charge in [0.25, 0.3) is 0 Å². The number of hydrogen-bond acceptors (Lipinski definition) is 3. The van der Waals surface area contributed by atoms with Gasteiger partial charge in [-0.25, -0.2) is 0 Å². The van der Waals surface area contributed by atoms with Gasteiger partial charge in [0, 0.05) is 26.7 Å². The average molecular weight is 303 g/mol. The Balaban J connectivity index is 1.75. The minimum Gasteiger partial charge on any atom is -0.351 e. The summed E-state index contributed by atoms with van der Waals surface area (Å²) in [5.41, 5.74) is 5.79. The smallest absolute Gasteiger partial charge is 0.222 e. The summed E-state index contributed by atoms with van der Waals surface area (Å²) in [4.78, 5) is 12.8. The van der Waals surface area contributed by atoms with Crippen molar-refractivity contribution in [1.29, 1.82) is 0 Å². The van der Waals surface area contributed by atoms with E-state index in [0.717, 1.165) is 28.6 Å². The molecule has 0 spiro atoms. The monoisotopic (exact) mass is 302 g/mol. The SMILES string of the molecule is NC1(CC(=O)NCc2cc(Br)cs2)CCC1. The van der Waals surface area contributed by atoms with Gasteiger partial charge in [-0.1, -0.05) is 0 Å². The maximum Gasteiger partial charge on any atom is 0.222 e. The molecule has 0 aromatic carbocycles. The van der Waals surface area contributed by atoms with Gasteiger partial charge in [-0.3, -0.25) is 4.79 Å². The predicted molar refractivity (Wildman–Crippen MR) is 69.3 cm³/mol. The summed E-state index contributed by atoms with van der Waals surface area (Å²) in [5.74, 6) is 0.0618. The Hall–Kier alpha value is -0.390. The lowest BCUT2D eigenvalue weighted by Gasteiger charge is -2.37. The zero-order chi connectivity index (χ0) is 11.6. The van der Waals surface area contributed by atoms with Crippen molar-refractivity contribution in [2.45, 2.75) is 37.8 Å². The summed E-state index contributed by atoms with van der Waals surface area (Å²) >= 11 is 5.02. The largest absolute Gasteiger partial charge is 0.351 e. The van der Waals surface area contributed by atoms with Gasteiger partial charge in [0.15, 0.2) is 0 Å². The van der Waals surface area contributed by atoms with Crippen molar-refractivity contribution in [3.8, 4) is 0 Å². The van der Waals surface area contributed by atoms with Crippen molar-refractivity contribution in [2.75, 3.05) is 0 Å². The molecule has 1 heterocycles. The zero-order valence-electron chi connectivity index (χ0n) is 8.96. The van der Waals surface area contributed by atoms with Crippen LogP contribution >= 0.6 is 27.3 Å². The summed E-state index contributed by atoms with van der Waals surface area (Å²) in [6.45, 7) is 0.602. The number of halogens is 1. The molecule has 1 aromatic heterocycles. The van der Waals surface area contributed by atoms with Crippen molar-refractivity contribution >= 4 is 33.2 Å². The fraction of sp³-hybridized carbons (Fsp3) is 0.545. The predicted octanol–water partition coefficient (Wildman–Crippen LogP) is 2.40. The van der Waals surface area contributed by atoms with Crippen LogP contribution in [0.2, 0.25) is 0 Å². The van der Waals surface area contributed by atoms with Gasteiger partial charge in [-0.05, 0) is 41.3 Å². The van der Waals surface area contributed by atoms with E-state index in [1.807, 2.05) is 11.4 Å². The Morgan fingerprint density at radius 3 is 2.88 bits per heavy atom. The third kappa shape index (κ3) is 3.06. The second kappa shape index (κ2) is 4.85. The van der Waals surface area contributed by atoms with E-state index in [1.165, 1.54) is 0 Å². The molecule has 16 heavy (non-hydrogen) atoms. The molecule has 1 aliphatic rings. The number of rotatable bonds is 4. The van der Waals surface area contributed by atoms with Crippen LogP contribution in [0.4, 0.5) is 0 Å². The van der Waals surface area contributed by atoms with E-state index >= 15 is 0 Å². The highest BCUT2D eigenvalue weighted by molar-refractivity contribution is 9.10. The van der Waals surface area contributed by atoms with E-state index in [9.17, 15) is 4.79 Å². The van der Waals surface area contributed by atoms with E-state index in [0.29, 0.717) is 13.0 Å². The molecule has 0 atom stereocenters. The van der Waals surface area contributed by atoms with E-state index in [-0.39, 0.29) is 11.4 Å². The standard InChI is InChI=1S/C11H15BrN2OS/c12-8-4-9(16-7-8)6-14-10(15)5-11(13)2-1-3-11/h4,7H,1-3,5-6,13H2,(H,14,15). The van der Waals surface area contributed by atoms with Crippen LogP contribution in [-0.4, -0.2) is 11.4 Å². The number of amides is 1. The van der Waals surface area contributed by atoms with Crippen LogP contribution in [0, 0.1) is 0 Å². The number of thiophene rings is 1.